The predicted octanol–water partition coefficient (Wildman–Crippen LogP) is 2.94. The zero-order valence-electron chi connectivity index (χ0n) is 8.62. The number of nitrogen functional groups attached to an aromatic ring is 1. The van der Waals surface area contributed by atoms with Crippen LogP contribution in [-0.4, -0.2) is 7.11 Å². The van der Waals surface area contributed by atoms with Crippen molar-refractivity contribution >= 4 is 5.69 Å². The normalized spacial score (nSPS) is 17.2. The molecular weight excluding hydrogens is 174 g/mol. The standard InChI is InChI=1S/C12H17NO/c1-14-12-8-10(13)6-7-11(12)9-4-2-3-5-9/h6-9H,2-5,13H2,1H3. The Hall–Kier alpha value is -1.18. The summed E-state index contributed by atoms with van der Waals surface area (Å²) in [6.45, 7) is 0. The largest absolute Gasteiger partial charge is 0.496 e. The van der Waals surface area contributed by atoms with E-state index in [9.17, 15) is 0 Å². The molecule has 1 aromatic rings. The van der Waals surface area contributed by atoms with Crippen molar-refractivity contribution in [1.29, 1.82) is 0 Å². The van der Waals surface area contributed by atoms with E-state index in [0.717, 1.165) is 11.4 Å². The summed E-state index contributed by atoms with van der Waals surface area (Å²) in [4.78, 5) is 0. The van der Waals surface area contributed by atoms with Crippen molar-refractivity contribution in [1.82, 2.24) is 0 Å². The number of benzene rings is 1. The summed E-state index contributed by atoms with van der Waals surface area (Å²) in [5.41, 5.74) is 7.84. The molecule has 1 aliphatic carbocycles. The Labute approximate surface area is 85.1 Å². The zero-order valence-corrected chi connectivity index (χ0v) is 8.62. The van der Waals surface area contributed by atoms with Crippen molar-refractivity contribution in [3.8, 4) is 5.75 Å². The first kappa shape index (κ1) is 9.38. The second-order valence-electron chi connectivity index (χ2n) is 3.98. The lowest BCUT2D eigenvalue weighted by molar-refractivity contribution is 0.405. The first-order valence-corrected chi connectivity index (χ1v) is 5.24. The van der Waals surface area contributed by atoms with Gasteiger partial charge in [0.1, 0.15) is 5.75 Å². The van der Waals surface area contributed by atoms with Crippen molar-refractivity contribution < 1.29 is 4.74 Å². The first-order chi connectivity index (χ1) is 6.81. The molecule has 0 bridgehead atoms. The predicted molar refractivity (Wildman–Crippen MR) is 58.6 cm³/mol. The summed E-state index contributed by atoms with van der Waals surface area (Å²) in [5.74, 6) is 1.64. The molecule has 1 aromatic carbocycles. The van der Waals surface area contributed by atoms with Gasteiger partial charge in [-0.15, -0.1) is 0 Å². The first-order valence-electron chi connectivity index (χ1n) is 5.24. The summed E-state index contributed by atoms with van der Waals surface area (Å²) in [7, 11) is 1.72. The number of ether oxygens (including phenoxy) is 1. The number of hydrogen-bond donors (Lipinski definition) is 1. The lowest BCUT2D eigenvalue weighted by atomic mass is 9.96. The van der Waals surface area contributed by atoms with E-state index in [2.05, 4.69) is 6.07 Å². The van der Waals surface area contributed by atoms with Crippen molar-refractivity contribution in [3.05, 3.63) is 23.8 Å². The van der Waals surface area contributed by atoms with Crippen molar-refractivity contribution in [3.63, 3.8) is 0 Å². The maximum atomic E-state index is 5.72. The van der Waals surface area contributed by atoms with Gasteiger partial charge in [-0.1, -0.05) is 18.9 Å². The van der Waals surface area contributed by atoms with E-state index >= 15 is 0 Å². The van der Waals surface area contributed by atoms with Crippen LogP contribution in [0.25, 0.3) is 0 Å². The minimum Gasteiger partial charge on any atom is -0.496 e. The Morgan fingerprint density at radius 1 is 1.29 bits per heavy atom. The summed E-state index contributed by atoms with van der Waals surface area (Å²) >= 11 is 0. The molecule has 2 heteroatoms. The van der Waals surface area contributed by atoms with Crippen LogP contribution in [0, 0.1) is 0 Å². The van der Waals surface area contributed by atoms with Crippen LogP contribution < -0.4 is 10.5 Å². The minimum absolute atomic E-state index is 0.686. The average molecular weight is 191 g/mol. The van der Waals surface area contributed by atoms with Gasteiger partial charge < -0.3 is 10.5 Å². The highest BCUT2D eigenvalue weighted by Gasteiger charge is 2.20. The Balaban J connectivity index is 2.31. The van der Waals surface area contributed by atoms with Gasteiger partial charge in [-0.25, -0.2) is 0 Å². The van der Waals surface area contributed by atoms with E-state index in [4.69, 9.17) is 10.5 Å². The molecule has 1 aliphatic rings. The summed E-state index contributed by atoms with van der Waals surface area (Å²) < 4.78 is 5.36. The SMILES string of the molecule is COc1cc(N)ccc1C1CCCC1. The van der Waals surface area contributed by atoms with Gasteiger partial charge in [0.05, 0.1) is 7.11 Å². The molecule has 1 saturated carbocycles. The quantitative estimate of drug-likeness (QED) is 0.729. The number of methoxy groups -OCH3 is 1. The lowest BCUT2D eigenvalue weighted by Crippen LogP contribution is -1.98. The summed E-state index contributed by atoms with van der Waals surface area (Å²) in [5, 5.41) is 0. The molecule has 0 amide bonds. The van der Waals surface area contributed by atoms with Gasteiger partial charge in [0.25, 0.3) is 0 Å². The lowest BCUT2D eigenvalue weighted by Gasteiger charge is -2.14. The molecule has 0 heterocycles. The van der Waals surface area contributed by atoms with Gasteiger partial charge in [-0.05, 0) is 30.4 Å². The highest BCUT2D eigenvalue weighted by molar-refractivity contribution is 5.49. The highest BCUT2D eigenvalue weighted by atomic mass is 16.5. The topological polar surface area (TPSA) is 35.2 Å². The summed E-state index contributed by atoms with van der Waals surface area (Å²) in [6, 6.07) is 6.01. The monoisotopic (exact) mass is 191 g/mol. The minimum atomic E-state index is 0.686. The molecule has 0 radical (unpaired) electrons. The summed E-state index contributed by atoms with van der Waals surface area (Å²) in [6.07, 6.45) is 5.27. The van der Waals surface area contributed by atoms with Gasteiger partial charge in [0, 0.05) is 11.8 Å². The van der Waals surface area contributed by atoms with Gasteiger partial charge in [0.15, 0.2) is 0 Å². The van der Waals surface area contributed by atoms with Crippen molar-refractivity contribution in [2.24, 2.45) is 0 Å². The number of hydrogen-bond acceptors (Lipinski definition) is 2. The van der Waals surface area contributed by atoms with Crippen LogP contribution in [0.1, 0.15) is 37.2 Å². The Morgan fingerprint density at radius 2 is 2.00 bits per heavy atom. The molecule has 0 unspecified atom stereocenters. The van der Waals surface area contributed by atoms with Gasteiger partial charge in [-0.3, -0.25) is 0 Å². The molecule has 0 atom stereocenters. The Morgan fingerprint density at radius 3 is 2.64 bits per heavy atom. The fourth-order valence-electron chi connectivity index (χ4n) is 2.30. The molecule has 2 N–H and O–H groups in total. The van der Waals surface area contributed by atoms with Crippen LogP contribution in [-0.2, 0) is 0 Å². The van der Waals surface area contributed by atoms with E-state index in [-0.39, 0.29) is 0 Å². The van der Waals surface area contributed by atoms with Gasteiger partial charge >= 0.3 is 0 Å². The molecule has 2 nitrogen and oxygen atoms in total. The van der Waals surface area contributed by atoms with Gasteiger partial charge in [0.2, 0.25) is 0 Å². The highest BCUT2D eigenvalue weighted by Crippen LogP contribution is 2.39. The van der Waals surface area contributed by atoms with Crippen molar-refractivity contribution in [2.45, 2.75) is 31.6 Å². The zero-order chi connectivity index (χ0) is 9.97. The second kappa shape index (κ2) is 3.91. The van der Waals surface area contributed by atoms with Crippen molar-refractivity contribution in [2.75, 3.05) is 12.8 Å². The third kappa shape index (κ3) is 1.69. The van der Waals surface area contributed by atoms with E-state index in [1.807, 2.05) is 12.1 Å². The molecule has 76 valence electrons. The maximum absolute atomic E-state index is 5.72. The Bertz CT molecular complexity index is 316. The second-order valence-corrected chi connectivity index (χ2v) is 3.98. The average Bonchev–Trinajstić information content (AvgIpc) is 2.70. The van der Waals surface area contributed by atoms with Crippen LogP contribution in [0.5, 0.6) is 5.75 Å². The molecule has 0 saturated heterocycles. The van der Waals surface area contributed by atoms with E-state index < -0.39 is 0 Å². The molecule has 2 rings (SSSR count). The molecule has 0 spiro atoms. The molecule has 14 heavy (non-hydrogen) atoms. The van der Waals surface area contributed by atoms with E-state index in [1.54, 1.807) is 7.11 Å². The Kier molecular flexibility index (Phi) is 2.62. The number of rotatable bonds is 2. The third-order valence-electron chi connectivity index (χ3n) is 3.05. The maximum Gasteiger partial charge on any atom is 0.124 e. The number of nitrogens with two attached hydrogens (primary N) is 1. The third-order valence-corrected chi connectivity index (χ3v) is 3.05. The fourth-order valence-corrected chi connectivity index (χ4v) is 2.30. The van der Waals surface area contributed by atoms with E-state index in [0.29, 0.717) is 5.92 Å². The van der Waals surface area contributed by atoms with Crippen LogP contribution >= 0.6 is 0 Å². The van der Waals surface area contributed by atoms with Crippen LogP contribution in [0.15, 0.2) is 18.2 Å². The van der Waals surface area contributed by atoms with Crippen LogP contribution in [0.4, 0.5) is 5.69 Å². The molecule has 1 fully saturated rings. The van der Waals surface area contributed by atoms with Crippen LogP contribution in [0.3, 0.4) is 0 Å². The molecule has 0 aromatic heterocycles. The van der Waals surface area contributed by atoms with Crippen LogP contribution in [0.2, 0.25) is 0 Å². The fraction of sp³-hybridized carbons (Fsp3) is 0.500. The smallest absolute Gasteiger partial charge is 0.124 e. The van der Waals surface area contributed by atoms with Gasteiger partial charge in [-0.2, -0.15) is 0 Å². The van der Waals surface area contributed by atoms with E-state index in [1.165, 1.54) is 31.2 Å². The number of anilines is 1. The molecule has 0 aliphatic heterocycles. The molecular formula is C12H17NO.